The maximum absolute atomic E-state index is 12.6. The van der Waals surface area contributed by atoms with Gasteiger partial charge in [-0.1, -0.05) is 34.1 Å². The maximum Gasteiger partial charge on any atom is 0.163 e. The summed E-state index contributed by atoms with van der Waals surface area (Å²) in [7, 11) is -3.49. The number of nitrogens with one attached hydrogen (secondary N) is 1. The molecule has 0 atom stereocenters. The van der Waals surface area contributed by atoms with Gasteiger partial charge in [0.05, 0.1) is 17.2 Å². The lowest BCUT2D eigenvalue weighted by Crippen LogP contribution is -2.20. The molecule has 3 rings (SSSR count). The summed E-state index contributed by atoms with van der Waals surface area (Å²) in [5.74, 6) is 2.16. The Morgan fingerprint density at radius 3 is 2.60 bits per heavy atom. The molecule has 1 aliphatic rings. The number of terminal acetylenes is 1. The summed E-state index contributed by atoms with van der Waals surface area (Å²) in [5.41, 5.74) is 4.65. The van der Waals surface area contributed by atoms with Gasteiger partial charge in [-0.15, -0.1) is 12.3 Å². The van der Waals surface area contributed by atoms with Crippen LogP contribution >= 0.6 is 15.9 Å². The number of allylic oxidation sites excluding steroid dienone is 2. The molecule has 2 aromatic rings. The molecular weight excluding hydrogens is 462 g/mol. The average Bonchev–Trinajstić information content (AvgIpc) is 2.68. The van der Waals surface area contributed by atoms with Gasteiger partial charge in [0.1, 0.15) is 0 Å². The molecule has 154 valence electrons. The summed E-state index contributed by atoms with van der Waals surface area (Å²) >= 11 is 3.34. The van der Waals surface area contributed by atoms with E-state index >= 15 is 0 Å². The van der Waals surface area contributed by atoms with Crippen LogP contribution in [0.1, 0.15) is 40.7 Å². The van der Waals surface area contributed by atoms with Crippen molar-refractivity contribution in [3.63, 3.8) is 0 Å². The summed E-state index contributed by atoms with van der Waals surface area (Å²) in [6.07, 6.45) is 8.47. The van der Waals surface area contributed by atoms with Gasteiger partial charge < -0.3 is 5.41 Å². The van der Waals surface area contributed by atoms with Gasteiger partial charge in [-0.3, -0.25) is 4.79 Å². The van der Waals surface area contributed by atoms with Crippen molar-refractivity contribution in [2.75, 3.05) is 5.75 Å². The number of carbonyl (C=O) groups is 1. The average molecular weight is 484 g/mol. The number of fused-ring (bicyclic) bond motifs is 1. The molecule has 0 heterocycles. The zero-order chi connectivity index (χ0) is 21.9. The summed E-state index contributed by atoms with van der Waals surface area (Å²) in [6, 6.07) is 10.8. The normalized spacial score (nSPS) is 15.0. The Balaban J connectivity index is 1.85. The highest BCUT2D eigenvalue weighted by molar-refractivity contribution is 9.10. The Hall–Kier alpha value is -2.49. The number of carbonyl (C=O) groups excluding carboxylic acids is 1. The molecule has 0 aromatic heterocycles. The fourth-order valence-electron chi connectivity index (χ4n) is 3.71. The van der Waals surface area contributed by atoms with Gasteiger partial charge in [0, 0.05) is 22.9 Å². The number of ketones is 1. The van der Waals surface area contributed by atoms with E-state index in [1.807, 2.05) is 13.0 Å². The van der Waals surface area contributed by atoms with Crippen LogP contribution in [0.25, 0.3) is 5.57 Å². The number of halogens is 1. The van der Waals surface area contributed by atoms with E-state index < -0.39 is 9.84 Å². The van der Waals surface area contributed by atoms with Crippen molar-refractivity contribution < 1.29 is 13.2 Å². The molecule has 0 aliphatic heterocycles. The SMILES string of the molecule is C#CC/C=C1\C(=O)CCc2cc(C(=N)CS(=O)(=O)Cc3ccc(Br)cc3)cc(C)c21. The largest absolute Gasteiger partial charge is 0.304 e. The van der Waals surface area contributed by atoms with Gasteiger partial charge in [-0.25, -0.2) is 8.42 Å². The molecule has 0 bridgehead atoms. The predicted molar refractivity (Wildman–Crippen MR) is 124 cm³/mol. The first-order chi connectivity index (χ1) is 14.2. The Labute approximate surface area is 186 Å². The van der Waals surface area contributed by atoms with E-state index in [0.29, 0.717) is 36.0 Å². The van der Waals surface area contributed by atoms with E-state index in [1.54, 1.807) is 36.4 Å². The number of rotatable bonds is 6. The molecule has 0 amide bonds. The van der Waals surface area contributed by atoms with E-state index in [9.17, 15) is 13.2 Å². The summed E-state index contributed by atoms with van der Waals surface area (Å²) < 4.78 is 26.1. The molecule has 0 fully saturated rings. The number of Topliss-reactive ketones (excluding diaryl/α,β-unsaturated/α-hetero) is 1. The lowest BCUT2D eigenvalue weighted by molar-refractivity contribution is -0.113. The maximum atomic E-state index is 12.6. The van der Waals surface area contributed by atoms with Crippen molar-refractivity contribution >= 4 is 42.8 Å². The standard InChI is InChI=1S/C24H22BrNO3S/c1-3-4-5-21-23(27)11-8-18-13-19(12-16(2)24(18)21)22(26)15-30(28,29)14-17-6-9-20(25)10-7-17/h1,5-7,9-10,12-13,26H,4,8,11,14-15H2,2H3/b21-5+,26-22?. The highest BCUT2D eigenvalue weighted by atomic mass is 79.9. The minimum atomic E-state index is -3.49. The zero-order valence-corrected chi connectivity index (χ0v) is 19.1. The second-order valence-corrected chi connectivity index (χ2v) is 10.4. The van der Waals surface area contributed by atoms with Crippen molar-refractivity contribution in [1.82, 2.24) is 0 Å². The second-order valence-electron chi connectivity index (χ2n) is 7.41. The number of hydrogen-bond donors (Lipinski definition) is 1. The van der Waals surface area contributed by atoms with Crippen molar-refractivity contribution in [3.05, 3.63) is 74.8 Å². The molecule has 0 spiro atoms. The van der Waals surface area contributed by atoms with Crippen LogP contribution in [0.3, 0.4) is 0 Å². The van der Waals surface area contributed by atoms with Crippen LogP contribution in [0.5, 0.6) is 0 Å². The molecule has 1 N–H and O–H groups in total. The minimum absolute atomic E-state index is 0.0593. The molecule has 30 heavy (non-hydrogen) atoms. The minimum Gasteiger partial charge on any atom is -0.304 e. The third kappa shape index (κ3) is 5.16. The van der Waals surface area contributed by atoms with Gasteiger partial charge >= 0.3 is 0 Å². The van der Waals surface area contributed by atoms with E-state index in [-0.39, 0.29) is 23.0 Å². The van der Waals surface area contributed by atoms with Gasteiger partial charge in [-0.05, 0) is 65.4 Å². The van der Waals surface area contributed by atoms with E-state index in [0.717, 1.165) is 21.2 Å². The van der Waals surface area contributed by atoms with Crippen molar-refractivity contribution in [1.29, 1.82) is 5.41 Å². The lowest BCUT2D eigenvalue weighted by Gasteiger charge is -2.22. The van der Waals surface area contributed by atoms with Crippen LogP contribution in [0.15, 0.2) is 46.9 Å². The highest BCUT2D eigenvalue weighted by Gasteiger charge is 2.25. The summed E-state index contributed by atoms with van der Waals surface area (Å²) in [4.78, 5) is 12.4. The second kappa shape index (κ2) is 9.11. The van der Waals surface area contributed by atoms with Crippen molar-refractivity contribution in [2.24, 2.45) is 0 Å². The lowest BCUT2D eigenvalue weighted by atomic mass is 9.82. The van der Waals surface area contributed by atoms with Gasteiger partial charge in [0.25, 0.3) is 0 Å². The summed E-state index contributed by atoms with van der Waals surface area (Å²) in [6.45, 7) is 1.88. The fraction of sp³-hybridized carbons (Fsp3) is 0.250. The Morgan fingerprint density at radius 2 is 1.93 bits per heavy atom. The Morgan fingerprint density at radius 1 is 1.23 bits per heavy atom. The first-order valence-corrected chi connectivity index (χ1v) is 12.1. The van der Waals surface area contributed by atoms with Crippen LogP contribution in [-0.4, -0.2) is 25.7 Å². The van der Waals surface area contributed by atoms with Crippen LogP contribution in [0.4, 0.5) is 0 Å². The molecule has 6 heteroatoms. The third-order valence-corrected chi connectivity index (χ3v) is 7.08. The Kier molecular flexibility index (Phi) is 6.74. The number of sulfone groups is 1. The summed E-state index contributed by atoms with van der Waals surface area (Å²) in [5, 5.41) is 8.41. The van der Waals surface area contributed by atoms with Crippen LogP contribution < -0.4 is 0 Å². The van der Waals surface area contributed by atoms with E-state index in [4.69, 9.17) is 11.8 Å². The number of aryl methyl sites for hydroxylation is 2. The molecule has 2 aromatic carbocycles. The van der Waals surface area contributed by atoms with E-state index in [1.165, 1.54) is 0 Å². The van der Waals surface area contributed by atoms with Crippen molar-refractivity contribution in [3.8, 4) is 12.3 Å². The molecule has 0 unspecified atom stereocenters. The van der Waals surface area contributed by atoms with Gasteiger partial charge in [-0.2, -0.15) is 0 Å². The highest BCUT2D eigenvalue weighted by Crippen LogP contribution is 2.32. The van der Waals surface area contributed by atoms with E-state index in [2.05, 4.69) is 21.9 Å². The van der Waals surface area contributed by atoms with Crippen molar-refractivity contribution in [2.45, 2.75) is 31.9 Å². The molecule has 4 nitrogen and oxygen atoms in total. The molecule has 0 saturated heterocycles. The van der Waals surface area contributed by atoms with Crippen LogP contribution in [-0.2, 0) is 26.8 Å². The number of benzene rings is 2. The third-order valence-electron chi connectivity index (χ3n) is 5.04. The monoisotopic (exact) mass is 483 g/mol. The molecular formula is C24H22BrNO3S. The topological polar surface area (TPSA) is 75.1 Å². The van der Waals surface area contributed by atoms with Gasteiger partial charge in [0.2, 0.25) is 0 Å². The first kappa shape index (κ1) is 22.2. The van der Waals surface area contributed by atoms with Gasteiger partial charge in [0.15, 0.2) is 15.6 Å². The van der Waals surface area contributed by atoms with Crippen LogP contribution in [0.2, 0.25) is 0 Å². The fourth-order valence-corrected chi connectivity index (χ4v) is 5.38. The Bertz CT molecular complexity index is 1190. The predicted octanol–water partition coefficient (Wildman–Crippen LogP) is 4.66. The zero-order valence-electron chi connectivity index (χ0n) is 16.7. The molecule has 1 aliphatic carbocycles. The number of hydrogen-bond acceptors (Lipinski definition) is 4. The molecule has 0 saturated carbocycles. The smallest absolute Gasteiger partial charge is 0.163 e. The molecule has 0 radical (unpaired) electrons. The first-order valence-electron chi connectivity index (χ1n) is 9.53. The quantitative estimate of drug-likeness (QED) is 0.368. The van der Waals surface area contributed by atoms with Crippen LogP contribution in [0, 0.1) is 24.7 Å².